The summed E-state index contributed by atoms with van der Waals surface area (Å²) in [5, 5.41) is 3.86. The summed E-state index contributed by atoms with van der Waals surface area (Å²) in [6, 6.07) is 0. The molecule has 0 saturated heterocycles. The number of anilines is 1. The number of nitrogen functional groups attached to an aromatic ring is 1. The molecule has 6 nitrogen and oxygen atoms in total. The third-order valence-corrected chi connectivity index (χ3v) is 4.14. The zero-order valence-electron chi connectivity index (χ0n) is 10.3. The van der Waals surface area contributed by atoms with Gasteiger partial charge < -0.3 is 5.73 Å². The fraction of sp³-hybridized carbons (Fsp3) is 0.500. The Hall–Kier alpha value is -1.52. The summed E-state index contributed by atoms with van der Waals surface area (Å²) in [4.78, 5) is -0.0247. The van der Waals surface area contributed by atoms with Crippen LogP contribution in [0.5, 0.6) is 0 Å². The lowest BCUT2D eigenvalue weighted by Crippen LogP contribution is -2.42. The van der Waals surface area contributed by atoms with Gasteiger partial charge >= 0.3 is 0 Å². The van der Waals surface area contributed by atoms with Crippen molar-refractivity contribution >= 4 is 15.8 Å². The summed E-state index contributed by atoms with van der Waals surface area (Å²) >= 11 is 0. The normalized spacial score (nSPS) is 12.4. The van der Waals surface area contributed by atoms with Gasteiger partial charge in [0.05, 0.1) is 11.2 Å². The monoisotopic (exact) mass is 256 g/mol. The number of nitrogens with one attached hydrogen (secondary N) is 1. The van der Waals surface area contributed by atoms with E-state index in [-0.39, 0.29) is 10.7 Å². The van der Waals surface area contributed by atoms with Gasteiger partial charge in [0.1, 0.15) is 4.90 Å². The van der Waals surface area contributed by atoms with E-state index in [9.17, 15) is 8.42 Å². The summed E-state index contributed by atoms with van der Waals surface area (Å²) < 4.78 is 28.0. The lowest BCUT2D eigenvalue weighted by molar-refractivity contribution is 0.538. The maximum Gasteiger partial charge on any atom is 0.247 e. The SMILES string of the molecule is C#CC(C)(C)NS(=O)(=O)c1c(N)nn(C)c1C. The van der Waals surface area contributed by atoms with Gasteiger partial charge in [0, 0.05) is 7.05 Å². The molecule has 0 radical (unpaired) electrons. The molecule has 0 aliphatic carbocycles. The van der Waals surface area contributed by atoms with Crippen LogP contribution in [-0.2, 0) is 17.1 Å². The Kier molecular flexibility index (Phi) is 3.23. The van der Waals surface area contributed by atoms with Crippen LogP contribution >= 0.6 is 0 Å². The minimum atomic E-state index is -3.77. The zero-order chi connectivity index (χ0) is 13.4. The van der Waals surface area contributed by atoms with Crippen LogP contribution in [0.25, 0.3) is 0 Å². The highest BCUT2D eigenvalue weighted by molar-refractivity contribution is 7.89. The van der Waals surface area contributed by atoms with Crippen molar-refractivity contribution in [3.05, 3.63) is 5.69 Å². The van der Waals surface area contributed by atoms with Crippen molar-refractivity contribution in [2.45, 2.75) is 31.2 Å². The molecule has 1 aromatic heterocycles. The first-order valence-corrected chi connectivity index (χ1v) is 6.40. The van der Waals surface area contributed by atoms with E-state index in [1.54, 1.807) is 27.8 Å². The zero-order valence-corrected chi connectivity index (χ0v) is 11.1. The second kappa shape index (κ2) is 4.05. The molecule has 1 aromatic rings. The summed E-state index contributed by atoms with van der Waals surface area (Å²) in [6.45, 7) is 4.81. The first-order chi connectivity index (χ1) is 7.60. The Morgan fingerprint density at radius 3 is 2.41 bits per heavy atom. The van der Waals surface area contributed by atoms with Gasteiger partial charge in [0.25, 0.3) is 0 Å². The van der Waals surface area contributed by atoms with E-state index >= 15 is 0 Å². The van der Waals surface area contributed by atoms with Crippen molar-refractivity contribution in [2.24, 2.45) is 7.05 Å². The molecular weight excluding hydrogens is 240 g/mol. The van der Waals surface area contributed by atoms with Crippen LogP contribution in [0.4, 0.5) is 5.82 Å². The highest BCUT2D eigenvalue weighted by Crippen LogP contribution is 2.22. The minimum Gasteiger partial charge on any atom is -0.381 e. The van der Waals surface area contributed by atoms with Gasteiger partial charge in [-0.15, -0.1) is 6.42 Å². The topological polar surface area (TPSA) is 90.0 Å². The fourth-order valence-electron chi connectivity index (χ4n) is 1.36. The van der Waals surface area contributed by atoms with Crippen LogP contribution in [0.1, 0.15) is 19.5 Å². The number of terminal acetylenes is 1. The summed E-state index contributed by atoms with van der Waals surface area (Å²) in [5.74, 6) is 2.32. The molecule has 0 unspecified atom stereocenters. The molecule has 0 aliphatic heterocycles. The Morgan fingerprint density at radius 2 is 2.06 bits per heavy atom. The number of aryl methyl sites for hydroxylation is 1. The second-order valence-electron chi connectivity index (χ2n) is 4.30. The van der Waals surface area contributed by atoms with Gasteiger partial charge in [-0.1, -0.05) is 5.92 Å². The van der Waals surface area contributed by atoms with Gasteiger partial charge in [-0.25, -0.2) is 8.42 Å². The molecule has 0 aliphatic rings. The van der Waals surface area contributed by atoms with E-state index in [2.05, 4.69) is 15.7 Å². The summed E-state index contributed by atoms with van der Waals surface area (Å²) in [6.07, 6.45) is 5.24. The number of nitrogens with two attached hydrogens (primary N) is 1. The van der Waals surface area contributed by atoms with E-state index in [1.807, 2.05) is 0 Å². The van der Waals surface area contributed by atoms with E-state index in [1.165, 1.54) is 4.68 Å². The standard InChI is InChI=1S/C10H16N4O2S/c1-6-10(3,4)13-17(15,16)8-7(2)14(5)12-9(8)11/h1,13H,2-5H3,(H2,11,12). The Labute approximate surface area is 101 Å². The Bertz CT molecular complexity index is 578. The molecule has 0 aromatic carbocycles. The smallest absolute Gasteiger partial charge is 0.247 e. The van der Waals surface area contributed by atoms with Gasteiger partial charge in [-0.2, -0.15) is 9.82 Å². The minimum absolute atomic E-state index is 0.0247. The number of sulfonamides is 1. The number of hydrogen-bond donors (Lipinski definition) is 2. The first kappa shape index (κ1) is 13.5. The molecule has 94 valence electrons. The maximum absolute atomic E-state index is 12.1. The summed E-state index contributed by atoms with van der Waals surface area (Å²) in [5.41, 5.74) is 5.07. The van der Waals surface area contributed by atoms with Gasteiger partial charge in [0.15, 0.2) is 5.82 Å². The molecule has 0 atom stereocenters. The van der Waals surface area contributed by atoms with Crippen molar-refractivity contribution in [1.29, 1.82) is 0 Å². The van der Waals surface area contributed by atoms with Crippen LogP contribution in [0.2, 0.25) is 0 Å². The van der Waals surface area contributed by atoms with Crippen LogP contribution in [0, 0.1) is 19.3 Å². The molecule has 0 amide bonds. The fourth-order valence-corrected chi connectivity index (χ4v) is 3.03. The van der Waals surface area contributed by atoms with E-state index < -0.39 is 15.6 Å². The highest BCUT2D eigenvalue weighted by Gasteiger charge is 2.29. The number of aromatic nitrogens is 2. The molecular formula is C10H16N4O2S. The molecule has 1 heterocycles. The number of rotatable bonds is 3. The molecule has 3 N–H and O–H groups in total. The molecule has 0 spiro atoms. The quantitative estimate of drug-likeness (QED) is 0.745. The van der Waals surface area contributed by atoms with Gasteiger partial charge in [-0.05, 0) is 20.8 Å². The van der Waals surface area contributed by atoms with Crippen molar-refractivity contribution in [3.8, 4) is 12.3 Å². The lowest BCUT2D eigenvalue weighted by Gasteiger charge is -2.19. The summed E-state index contributed by atoms with van der Waals surface area (Å²) in [7, 11) is -2.15. The molecule has 0 bridgehead atoms. The molecule has 7 heteroatoms. The highest BCUT2D eigenvalue weighted by atomic mass is 32.2. The van der Waals surface area contributed by atoms with Gasteiger partial charge in [0.2, 0.25) is 10.0 Å². The Balaban J connectivity index is 3.30. The van der Waals surface area contributed by atoms with E-state index in [4.69, 9.17) is 12.2 Å². The molecule has 0 saturated carbocycles. The van der Waals surface area contributed by atoms with Crippen molar-refractivity contribution < 1.29 is 8.42 Å². The van der Waals surface area contributed by atoms with Crippen molar-refractivity contribution in [2.75, 3.05) is 5.73 Å². The van der Waals surface area contributed by atoms with Crippen LogP contribution < -0.4 is 10.5 Å². The first-order valence-electron chi connectivity index (χ1n) is 4.91. The molecule has 17 heavy (non-hydrogen) atoms. The van der Waals surface area contributed by atoms with Crippen LogP contribution in [-0.4, -0.2) is 23.7 Å². The largest absolute Gasteiger partial charge is 0.381 e. The van der Waals surface area contributed by atoms with E-state index in [0.717, 1.165) is 0 Å². The third-order valence-electron chi connectivity index (χ3n) is 2.32. The lowest BCUT2D eigenvalue weighted by atomic mass is 10.1. The molecule has 0 fully saturated rings. The number of hydrogen-bond acceptors (Lipinski definition) is 4. The third kappa shape index (κ3) is 2.60. The van der Waals surface area contributed by atoms with Crippen LogP contribution in [0.3, 0.4) is 0 Å². The van der Waals surface area contributed by atoms with Crippen molar-refractivity contribution in [3.63, 3.8) is 0 Å². The predicted octanol–water partition coefficient (Wildman–Crippen LogP) is 0.000820. The Morgan fingerprint density at radius 1 is 1.53 bits per heavy atom. The van der Waals surface area contributed by atoms with Gasteiger partial charge in [-0.3, -0.25) is 4.68 Å². The second-order valence-corrected chi connectivity index (χ2v) is 5.92. The van der Waals surface area contributed by atoms with Crippen molar-refractivity contribution in [1.82, 2.24) is 14.5 Å². The predicted molar refractivity (Wildman–Crippen MR) is 65.6 cm³/mol. The maximum atomic E-state index is 12.1. The van der Waals surface area contributed by atoms with E-state index in [0.29, 0.717) is 5.69 Å². The average molecular weight is 256 g/mol. The average Bonchev–Trinajstić information content (AvgIpc) is 2.39. The number of nitrogens with zero attached hydrogens (tertiary/aromatic N) is 2. The van der Waals surface area contributed by atoms with Crippen LogP contribution in [0.15, 0.2) is 4.90 Å². The molecule has 1 rings (SSSR count).